The van der Waals surface area contributed by atoms with Crippen molar-refractivity contribution in [3.05, 3.63) is 54.1 Å². The molecule has 5 nitrogen and oxygen atoms in total. The zero-order valence-corrected chi connectivity index (χ0v) is 14.5. The molecule has 0 saturated heterocycles. The molecule has 0 unspecified atom stereocenters. The van der Waals surface area contributed by atoms with Crippen LogP contribution in [0, 0.1) is 0 Å². The van der Waals surface area contributed by atoms with E-state index in [1.807, 2.05) is 29.8 Å². The molecule has 0 saturated carbocycles. The number of hydrogen-bond donors (Lipinski definition) is 0. The molecule has 2 heterocycles. The SMILES string of the molecule is CCn1c(-c2nc3ccc(C(=O)OC)cc3n2C)cc2ccccc21. The van der Waals surface area contributed by atoms with Crippen molar-refractivity contribution in [1.29, 1.82) is 0 Å². The van der Waals surface area contributed by atoms with Crippen LogP contribution in [-0.2, 0) is 18.3 Å². The van der Waals surface area contributed by atoms with E-state index >= 15 is 0 Å². The van der Waals surface area contributed by atoms with Gasteiger partial charge >= 0.3 is 5.97 Å². The van der Waals surface area contributed by atoms with Crippen molar-refractivity contribution in [2.24, 2.45) is 7.05 Å². The molecule has 0 aliphatic heterocycles. The quantitative estimate of drug-likeness (QED) is 0.532. The highest BCUT2D eigenvalue weighted by molar-refractivity contribution is 5.95. The van der Waals surface area contributed by atoms with Crippen LogP contribution in [-0.4, -0.2) is 27.2 Å². The molecule has 0 fully saturated rings. The second-order valence-corrected chi connectivity index (χ2v) is 6.02. The zero-order valence-electron chi connectivity index (χ0n) is 14.5. The Morgan fingerprint density at radius 3 is 2.68 bits per heavy atom. The van der Waals surface area contributed by atoms with Crippen molar-refractivity contribution in [2.75, 3.05) is 7.11 Å². The largest absolute Gasteiger partial charge is 0.465 e. The first-order valence-corrected chi connectivity index (χ1v) is 8.27. The third-order valence-electron chi connectivity index (χ3n) is 4.66. The second-order valence-electron chi connectivity index (χ2n) is 6.02. The first kappa shape index (κ1) is 15.4. The lowest BCUT2D eigenvalue weighted by atomic mass is 10.2. The summed E-state index contributed by atoms with van der Waals surface area (Å²) in [7, 11) is 3.37. The average molecular weight is 333 g/mol. The molecule has 5 heteroatoms. The third kappa shape index (κ3) is 2.31. The fraction of sp³-hybridized carbons (Fsp3) is 0.200. The van der Waals surface area contributed by atoms with Crippen LogP contribution in [0.4, 0.5) is 0 Å². The van der Waals surface area contributed by atoms with Gasteiger partial charge in [-0.25, -0.2) is 9.78 Å². The highest BCUT2D eigenvalue weighted by atomic mass is 16.5. The Hall–Kier alpha value is -3.08. The number of ether oxygens (including phenoxy) is 1. The minimum absolute atomic E-state index is 0.340. The normalized spacial score (nSPS) is 11.3. The molecule has 0 amide bonds. The highest BCUT2D eigenvalue weighted by Crippen LogP contribution is 2.30. The van der Waals surface area contributed by atoms with Crippen molar-refractivity contribution in [3.8, 4) is 11.5 Å². The number of nitrogens with zero attached hydrogens (tertiary/aromatic N) is 3. The first-order valence-electron chi connectivity index (χ1n) is 8.27. The van der Waals surface area contributed by atoms with Crippen LogP contribution in [0.2, 0.25) is 0 Å². The predicted octanol–water partition coefficient (Wildman–Crippen LogP) is 4.00. The van der Waals surface area contributed by atoms with Crippen LogP contribution < -0.4 is 0 Å². The molecule has 2 aromatic heterocycles. The van der Waals surface area contributed by atoms with Gasteiger partial charge in [0, 0.05) is 24.5 Å². The molecule has 4 aromatic rings. The molecular weight excluding hydrogens is 314 g/mol. The van der Waals surface area contributed by atoms with Crippen LogP contribution in [0.25, 0.3) is 33.5 Å². The lowest BCUT2D eigenvalue weighted by molar-refractivity contribution is 0.0601. The van der Waals surface area contributed by atoms with Gasteiger partial charge in [0.15, 0.2) is 5.82 Å². The Bertz CT molecular complexity index is 1100. The molecule has 25 heavy (non-hydrogen) atoms. The van der Waals surface area contributed by atoms with Gasteiger partial charge in [-0.05, 0) is 37.3 Å². The summed E-state index contributed by atoms with van der Waals surface area (Å²) in [5, 5.41) is 1.20. The Morgan fingerprint density at radius 1 is 1.12 bits per heavy atom. The summed E-state index contributed by atoms with van der Waals surface area (Å²) in [6.07, 6.45) is 0. The smallest absolute Gasteiger partial charge is 0.337 e. The van der Waals surface area contributed by atoms with E-state index in [-0.39, 0.29) is 5.97 Å². The Morgan fingerprint density at radius 2 is 1.92 bits per heavy atom. The summed E-state index contributed by atoms with van der Waals surface area (Å²) >= 11 is 0. The average Bonchev–Trinajstić information content (AvgIpc) is 3.18. The van der Waals surface area contributed by atoms with E-state index in [0.29, 0.717) is 5.56 Å². The van der Waals surface area contributed by atoms with E-state index in [1.54, 1.807) is 6.07 Å². The van der Waals surface area contributed by atoms with Gasteiger partial charge in [0.25, 0.3) is 0 Å². The van der Waals surface area contributed by atoms with Crippen molar-refractivity contribution in [1.82, 2.24) is 14.1 Å². The van der Waals surface area contributed by atoms with E-state index in [2.05, 4.69) is 35.8 Å². The standard InChI is InChI=1S/C20H19N3O2/c1-4-23-16-8-6-5-7-13(16)11-18(23)19-21-15-10-9-14(20(24)25-3)12-17(15)22(19)2/h5-12H,4H2,1-3H3. The fourth-order valence-corrected chi connectivity index (χ4v) is 3.40. The molecule has 0 atom stereocenters. The molecule has 0 aliphatic rings. The maximum atomic E-state index is 11.8. The molecule has 2 aromatic carbocycles. The van der Waals surface area contributed by atoms with Crippen LogP contribution in [0.5, 0.6) is 0 Å². The lowest BCUT2D eigenvalue weighted by Gasteiger charge is -2.08. The fourth-order valence-electron chi connectivity index (χ4n) is 3.40. The van der Waals surface area contributed by atoms with E-state index in [1.165, 1.54) is 18.0 Å². The van der Waals surface area contributed by atoms with Crippen molar-refractivity contribution in [3.63, 3.8) is 0 Å². The summed E-state index contributed by atoms with van der Waals surface area (Å²) in [6, 6.07) is 15.9. The molecule has 4 rings (SSSR count). The maximum absolute atomic E-state index is 11.8. The van der Waals surface area contributed by atoms with Gasteiger partial charge in [0.05, 0.1) is 29.4 Å². The van der Waals surface area contributed by atoms with E-state index in [9.17, 15) is 4.79 Å². The van der Waals surface area contributed by atoms with Gasteiger partial charge in [0.2, 0.25) is 0 Å². The van der Waals surface area contributed by atoms with Crippen molar-refractivity contribution < 1.29 is 9.53 Å². The molecule has 0 N–H and O–H groups in total. The van der Waals surface area contributed by atoms with Crippen LogP contribution in [0.15, 0.2) is 48.5 Å². The number of rotatable bonds is 3. The van der Waals surface area contributed by atoms with E-state index in [4.69, 9.17) is 9.72 Å². The van der Waals surface area contributed by atoms with Gasteiger partial charge in [-0.1, -0.05) is 18.2 Å². The maximum Gasteiger partial charge on any atom is 0.337 e. The van der Waals surface area contributed by atoms with Gasteiger partial charge in [-0.15, -0.1) is 0 Å². The number of hydrogen-bond acceptors (Lipinski definition) is 3. The number of fused-ring (bicyclic) bond motifs is 2. The van der Waals surface area contributed by atoms with Gasteiger partial charge in [0.1, 0.15) is 0 Å². The monoisotopic (exact) mass is 333 g/mol. The van der Waals surface area contributed by atoms with Crippen LogP contribution >= 0.6 is 0 Å². The predicted molar refractivity (Wildman–Crippen MR) is 98.7 cm³/mol. The molecule has 0 bridgehead atoms. The summed E-state index contributed by atoms with van der Waals surface area (Å²) in [5.74, 6) is 0.544. The molecule has 0 spiro atoms. The summed E-state index contributed by atoms with van der Waals surface area (Å²) < 4.78 is 9.11. The van der Waals surface area contributed by atoms with E-state index in [0.717, 1.165) is 29.1 Å². The topological polar surface area (TPSA) is 49.1 Å². The summed E-state index contributed by atoms with van der Waals surface area (Å²) in [6.45, 7) is 2.99. The molecule has 126 valence electrons. The minimum Gasteiger partial charge on any atom is -0.465 e. The van der Waals surface area contributed by atoms with Crippen LogP contribution in [0.3, 0.4) is 0 Å². The molecule has 0 aliphatic carbocycles. The lowest BCUT2D eigenvalue weighted by Crippen LogP contribution is -2.02. The van der Waals surface area contributed by atoms with Crippen molar-refractivity contribution >= 4 is 27.9 Å². The number of methoxy groups -OCH3 is 1. The number of aromatic nitrogens is 3. The number of carbonyl (C=O) groups excluding carboxylic acids is 1. The molecule has 0 radical (unpaired) electrons. The van der Waals surface area contributed by atoms with E-state index < -0.39 is 0 Å². The minimum atomic E-state index is -0.340. The van der Waals surface area contributed by atoms with Crippen LogP contribution in [0.1, 0.15) is 17.3 Å². The number of imidazole rings is 1. The van der Waals surface area contributed by atoms with Gasteiger partial charge < -0.3 is 13.9 Å². The Kier molecular flexibility index (Phi) is 3.57. The highest BCUT2D eigenvalue weighted by Gasteiger charge is 2.17. The summed E-state index contributed by atoms with van der Waals surface area (Å²) in [5.41, 5.74) is 4.56. The number of esters is 1. The number of para-hydroxylation sites is 1. The Balaban J connectivity index is 1.96. The first-order chi connectivity index (χ1) is 12.1. The van der Waals surface area contributed by atoms with Gasteiger partial charge in [-0.2, -0.15) is 0 Å². The summed E-state index contributed by atoms with van der Waals surface area (Å²) in [4.78, 5) is 16.6. The second kappa shape index (κ2) is 5.77. The zero-order chi connectivity index (χ0) is 17.6. The van der Waals surface area contributed by atoms with Crippen molar-refractivity contribution in [2.45, 2.75) is 13.5 Å². The number of carbonyl (C=O) groups is 1. The van der Waals surface area contributed by atoms with Gasteiger partial charge in [-0.3, -0.25) is 0 Å². The Labute approximate surface area is 145 Å². The third-order valence-corrected chi connectivity index (χ3v) is 4.66. The molecular formula is C20H19N3O2. The number of aryl methyl sites for hydroxylation is 2. The number of benzene rings is 2.